The summed E-state index contributed by atoms with van der Waals surface area (Å²) in [6.45, 7) is 6.76. The lowest BCUT2D eigenvalue weighted by molar-refractivity contribution is -0.123. The second-order valence-electron chi connectivity index (χ2n) is 5.22. The van der Waals surface area contributed by atoms with Gasteiger partial charge in [0.1, 0.15) is 0 Å². The van der Waals surface area contributed by atoms with Crippen LogP contribution in [0.3, 0.4) is 0 Å². The van der Waals surface area contributed by atoms with Gasteiger partial charge in [-0.25, -0.2) is 0 Å². The average molecular weight is 299 g/mol. The Balaban J connectivity index is 0. The van der Waals surface area contributed by atoms with Crippen LogP contribution in [0.4, 0.5) is 0 Å². The minimum Gasteiger partial charge on any atom is -0.379 e. The lowest BCUT2D eigenvalue weighted by Crippen LogP contribution is -2.46. The first kappa shape index (κ1) is 20.3. The summed E-state index contributed by atoms with van der Waals surface area (Å²) in [4.78, 5) is 11.7. The van der Waals surface area contributed by atoms with Gasteiger partial charge in [0.2, 0.25) is 5.91 Å². The van der Waals surface area contributed by atoms with E-state index in [9.17, 15) is 4.79 Å². The van der Waals surface area contributed by atoms with Crippen molar-refractivity contribution < 1.29 is 9.53 Å². The molecule has 0 aliphatic rings. The highest BCUT2D eigenvalue weighted by Gasteiger charge is 2.25. The number of rotatable bonds is 7. The van der Waals surface area contributed by atoms with E-state index >= 15 is 0 Å². The van der Waals surface area contributed by atoms with Gasteiger partial charge >= 0.3 is 0 Å². The molecule has 0 aromatic rings. The highest BCUT2D eigenvalue weighted by molar-refractivity contribution is 7.98. The van der Waals surface area contributed by atoms with Crippen molar-refractivity contribution in [3.05, 3.63) is 0 Å². The molecule has 0 aliphatic carbocycles. The summed E-state index contributed by atoms with van der Waals surface area (Å²) in [5.41, 5.74) is 5.78. The molecule has 1 unspecified atom stereocenters. The molecule has 0 saturated heterocycles. The van der Waals surface area contributed by atoms with Gasteiger partial charge in [-0.05, 0) is 23.8 Å². The van der Waals surface area contributed by atoms with Gasteiger partial charge in [-0.3, -0.25) is 4.79 Å². The van der Waals surface area contributed by atoms with E-state index in [0.29, 0.717) is 13.0 Å². The van der Waals surface area contributed by atoms with Crippen LogP contribution >= 0.6 is 24.2 Å². The first-order chi connectivity index (χ1) is 7.82. The number of carbonyl (C=O) groups excluding carboxylic acids is 1. The maximum Gasteiger partial charge on any atom is 0.237 e. The minimum absolute atomic E-state index is 0. The Labute approximate surface area is 121 Å². The van der Waals surface area contributed by atoms with Crippen molar-refractivity contribution in [1.29, 1.82) is 0 Å². The van der Waals surface area contributed by atoms with Crippen LogP contribution in [0.15, 0.2) is 0 Å². The number of amides is 1. The fourth-order valence-electron chi connectivity index (χ4n) is 1.44. The van der Waals surface area contributed by atoms with Gasteiger partial charge in [0, 0.05) is 13.7 Å². The Morgan fingerprint density at radius 2 is 2.00 bits per heavy atom. The largest absolute Gasteiger partial charge is 0.379 e. The molecule has 3 N–H and O–H groups in total. The van der Waals surface area contributed by atoms with Crippen molar-refractivity contribution in [2.45, 2.75) is 39.3 Å². The summed E-state index contributed by atoms with van der Waals surface area (Å²) >= 11 is 1.70. The van der Waals surface area contributed by atoms with Crippen LogP contribution in [-0.2, 0) is 9.53 Å². The highest BCUT2D eigenvalue weighted by Crippen LogP contribution is 2.20. The minimum atomic E-state index is -0.417. The van der Waals surface area contributed by atoms with Crippen molar-refractivity contribution >= 4 is 30.1 Å². The second-order valence-corrected chi connectivity index (χ2v) is 6.21. The third kappa shape index (κ3) is 8.19. The normalized spacial score (nSPS) is 14.6. The summed E-state index contributed by atoms with van der Waals surface area (Å²) in [7, 11) is 1.66. The molecule has 6 heteroatoms. The molecule has 0 radical (unpaired) electrons. The Kier molecular flexibility index (Phi) is 11.2. The number of nitrogens with one attached hydrogen (secondary N) is 1. The summed E-state index contributed by atoms with van der Waals surface area (Å²) in [6, 6.07) is -0.417. The molecule has 18 heavy (non-hydrogen) atoms. The molecule has 0 aliphatic heterocycles. The second kappa shape index (κ2) is 9.89. The van der Waals surface area contributed by atoms with Crippen LogP contribution in [0.25, 0.3) is 0 Å². The fraction of sp³-hybridized carbons (Fsp3) is 0.917. The van der Waals surface area contributed by atoms with Crippen molar-refractivity contribution in [3.63, 3.8) is 0 Å². The lowest BCUT2D eigenvalue weighted by Gasteiger charge is -2.29. The van der Waals surface area contributed by atoms with Crippen molar-refractivity contribution in [2.75, 3.05) is 25.7 Å². The van der Waals surface area contributed by atoms with Gasteiger partial charge in [0.25, 0.3) is 0 Å². The molecule has 0 saturated carbocycles. The predicted octanol–water partition coefficient (Wildman–Crippen LogP) is 1.67. The van der Waals surface area contributed by atoms with Crippen LogP contribution in [0.2, 0.25) is 0 Å². The molecule has 0 spiro atoms. The molecule has 0 aromatic carbocycles. The monoisotopic (exact) mass is 298 g/mol. The third-order valence-corrected chi connectivity index (χ3v) is 3.33. The van der Waals surface area contributed by atoms with E-state index in [2.05, 4.69) is 26.1 Å². The zero-order valence-electron chi connectivity index (χ0n) is 12.0. The molecule has 0 rings (SSSR count). The molecule has 1 amide bonds. The number of nitrogens with two attached hydrogens (primary N) is 1. The fourth-order valence-corrected chi connectivity index (χ4v) is 1.93. The standard InChI is InChI=1S/C12H26N2O2S.ClH/c1-12(2,3)10(16-4)8-14-11(15)9(13)6-7-17-5;/h9-10H,6-8,13H2,1-5H3,(H,14,15);1H/t9-,10?;/m0./s1. The first-order valence-corrected chi connectivity index (χ1v) is 7.27. The molecule has 0 bridgehead atoms. The van der Waals surface area contributed by atoms with Gasteiger partial charge in [0.05, 0.1) is 12.1 Å². The Morgan fingerprint density at radius 3 is 2.39 bits per heavy atom. The zero-order chi connectivity index (χ0) is 13.5. The summed E-state index contributed by atoms with van der Waals surface area (Å²) in [5.74, 6) is 0.812. The summed E-state index contributed by atoms with van der Waals surface area (Å²) in [5, 5.41) is 2.85. The Hall–Kier alpha value is 0.0300. The SMILES string of the molecule is COC(CNC(=O)[C@@H](N)CCSC)C(C)(C)C.Cl. The number of methoxy groups -OCH3 is 1. The van der Waals surface area contributed by atoms with Crippen molar-refractivity contribution in [1.82, 2.24) is 5.32 Å². The van der Waals surface area contributed by atoms with E-state index in [1.165, 1.54) is 0 Å². The van der Waals surface area contributed by atoms with E-state index in [0.717, 1.165) is 5.75 Å². The predicted molar refractivity (Wildman–Crippen MR) is 81.5 cm³/mol. The van der Waals surface area contributed by atoms with E-state index in [-0.39, 0.29) is 29.8 Å². The quantitative estimate of drug-likeness (QED) is 0.750. The van der Waals surface area contributed by atoms with Crippen molar-refractivity contribution in [3.8, 4) is 0 Å². The van der Waals surface area contributed by atoms with Crippen molar-refractivity contribution in [2.24, 2.45) is 11.1 Å². The summed E-state index contributed by atoms with van der Waals surface area (Å²) < 4.78 is 5.37. The zero-order valence-corrected chi connectivity index (χ0v) is 13.6. The molecule has 0 aromatic heterocycles. The number of thioether (sulfide) groups is 1. The van der Waals surface area contributed by atoms with Crippen LogP contribution in [0.5, 0.6) is 0 Å². The number of halogens is 1. The van der Waals surface area contributed by atoms with Gasteiger partial charge in [-0.2, -0.15) is 11.8 Å². The maximum absolute atomic E-state index is 11.7. The Morgan fingerprint density at radius 1 is 1.44 bits per heavy atom. The topological polar surface area (TPSA) is 64.3 Å². The number of hydrogen-bond acceptors (Lipinski definition) is 4. The molecular formula is C12H27ClN2O2S. The molecule has 110 valence electrons. The van der Waals surface area contributed by atoms with Crippen LogP contribution in [0.1, 0.15) is 27.2 Å². The van der Waals surface area contributed by atoms with E-state index in [4.69, 9.17) is 10.5 Å². The molecule has 4 nitrogen and oxygen atoms in total. The highest BCUT2D eigenvalue weighted by atomic mass is 35.5. The van der Waals surface area contributed by atoms with Gasteiger partial charge in [0.15, 0.2) is 0 Å². The van der Waals surface area contributed by atoms with Crippen LogP contribution < -0.4 is 11.1 Å². The lowest BCUT2D eigenvalue weighted by atomic mass is 9.89. The molecule has 0 heterocycles. The van der Waals surface area contributed by atoms with Gasteiger partial charge in [-0.1, -0.05) is 20.8 Å². The Bertz CT molecular complexity index is 235. The van der Waals surface area contributed by atoms with Crippen LogP contribution in [0, 0.1) is 5.41 Å². The molecular weight excluding hydrogens is 272 g/mol. The smallest absolute Gasteiger partial charge is 0.237 e. The number of ether oxygens (including phenoxy) is 1. The van der Waals surface area contributed by atoms with Crippen LogP contribution in [-0.4, -0.2) is 43.7 Å². The van der Waals surface area contributed by atoms with Gasteiger partial charge in [-0.15, -0.1) is 12.4 Å². The van der Waals surface area contributed by atoms with E-state index < -0.39 is 6.04 Å². The van der Waals surface area contributed by atoms with Gasteiger partial charge < -0.3 is 15.8 Å². The van der Waals surface area contributed by atoms with E-state index in [1.807, 2.05) is 6.26 Å². The average Bonchev–Trinajstić information content (AvgIpc) is 2.24. The summed E-state index contributed by atoms with van der Waals surface area (Å²) in [6.07, 6.45) is 2.71. The van der Waals surface area contributed by atoms with E-state index in [1.54, 1.807) is 18.9 Å². The molecule has 2 atom stereocenters. The maximum atomic E-state index is 11.7. The molecule has 0 fully saturated rings. The third-order valence-electron chi connectivity index (χ3n) is 2.68. The number of hydrogen-bond donors (Lipinski definition) is 2. The first-order valence-electron chi connectivity index (χ1n) is 5.88. The number of carbonyl (C=O) groups is 1.